The van der Waals surface area contributed by atoms with Crippen LogP contribution in [0.25, 0.3) is 0 Å². The Morgan fingerprint density at radius 1 is 0.289 bits per heavy atom. The molecule has 16 unspecified atom stereocenters. The van der Waals surface area contributed by atoms with Gasteiger partial charge in [-0.1, -0.05) is 219 Å². The summed E-state index contributed by atoms with van der Waals surface area (Å²) >= 11 is 0. The Kier molecular flexibility index (Phi) is 56.2. The number of hydrogen-bond acceptors (Lipinski definition) is 42. The molecule has 8 heterocycles. The zero-order valence-corrected chi connectivity index (χ0v) is 83.1. The van der Waals surface area contributed by atoms with Crippen LogP contribution in [0.5, 0.6) is 0 Å². The Morgan fingerprint density at radius 3 is 1.02 bits per heavy atom. The molecule has 0 aromatic rings. The second-order valence-electron chi connectivity index (χ2n) is 39.1. The van der Waals surface area contributed by atoms with E-state index in [0.29, 0.717) is 12.8 Å². The third kappa shape index (κ3) is 36.4. The first-order valence-electron chi connectivity index (χ1n) is 51.8. The lowest BCUT2D eigenvalue weighted by molar-refractivity contribution is -0.403. The van der Waals surface area contributed by atoms with E-state index in [1.165, 1.54) is 148 Å². The largest absolute Gasteiger partial charge is 0.394 e. The third-order valence-corrected chi connectivity index (χ3v) is 27.8. The van der Waals surface area contributed by atoms with Crippen LogP contribution >= 0.6 is 0 Å². The van der Waals surface area contributed by atoms with E-state index in [1.807, 2.05) is 6.08 Å². The van der Waals surface area contributed by atoms with Crippen molar-refractivity contribution in [2.45, 2.75) is 517 Å². The van der Waals surface area contributed by atoms with Crippen LogP contribution in [0.15, 0.2) is 12.2 Å². The summed E-state index contributed by atoms with van der Waals surface area (Å²) in [7, 11) is 0. The minimum Gasteiger partial charge on any atom is -0.394 e. The van der Waals surface area contributed by atoms with Crippen LogP contribution in [-0.4, -0.2) is 446 Å². The Balaban J connectivity index is 0.998. The molecule has 0 spiro atoms. The number of amides is 4. The van der Waals surface area contributed by atoms with Crippen LogP contribution in [0.4, 0.5) is 0 Å². The zero-order valence-electron chi connectivity index (χ0n) is 83.1. The number of aliphatic hydroxyl groups excluding tert-OH is 22. The van der Waals surface area contributed by atoms with E-state index in [0.717, 1.165) is 78.6 Å². The monoisotopic (exact) mass is 2050 g/mol. The molecule has 42 atom stereocenters. The molecule has 46 heteroatoms. The van der Waals surface area contributed by atoms with E-state index in [4.69, 9.17) is 75.8 Å². The number of allylic oxidation sites excluding steroid dienone is 1. The van der Waals surface area contributed by atoms with Crippen molar-refractivity contribution >= 4 is 23.6 Å². The maximum Gasteiger partial charge on any atom is 0.220 e. The molecule has 46 nitrogen and oxygen atoms in total. The summed E-state index contributed by atoms with van der Waals surface area (Å²) in [4.78, 5) is 53.5. The lowest BCUT2D eigenvalue weighted by Crippen LogP contribution is -2.72. The Bertz CT molecular complexity index is 3490. The first-order chi connectivity index (χ1) is 68.1. The van der Waals surface area contributed by atoms with Gasteiger partial charge in [0.1, 0.15) is 189 Å². The SMILES string of the molecule is CCCCCCCCCCCCC/C=C/[C@@H](O)[C@H](CO[C@@H]1OC(CO)[C@@H](O[C@@H]2OC(CO)[C@H](O[C@@H]3OC(CO)[C@H](O[C@@H]4OC(CO)[C@H](O)[C@H](O[C@@H]5OC(CO)[C@H](O)[C@H](O)C5O[C@H]5OC(C)[C@@H](O)C(O)[C@@H]5O)C4NC(C)=O)[C@H](O[C@@H]4OC(CO)[C@H](O)[C@H](O[C@H]5OC(CO)[C@H](O)[C@H](O)C5NC(C)=O)C4NC(C)=O)C3O)[C@H](O)C2O)[C@H](O)C1O)NC(=O)CCCCCCCCCCCCCCCCCCCCCCC. The molecule has 8 fully saturated rings. The number of aliphatic hydroxyl groups is 22. The first kappa shape index (κ1) is 123. The van der Waals surface area contributed by atoms with Crippen molar-refractivity contribution in [3.8, 4) is 0 Å². The lowest BCUT2D eigenvalue weighted by atomic mass is 9.93. The Morgan fingerprint density at radius 2 is 0.592 bits per heavy atom. The van der Waals surface area contributed by atoms with E-state index < -0.39 is 328 Å². The number of carbonyl (C=O) groups is 4. The van der Waals surface area contributed by atoms with E-state index in [-0.39, 0.29) is 12.3 Å². The fourth-order valence-corrected chi connectivity index (χ4v) is 19.5. The fourth-order valence-electron chi connectivity index (χ4n) is 19.5. The van der Waals surface area contributed by atoms with Gasteiger partial charge < -0.3 is 209 Å². The Hall–Kier alpha value is -3.90. The molecule has 142 heavy (non-hydrogen) atoms. The van der Waals surface area contributed by atoms with Crippen LogP contribution in [0.2, 0.25) is 0 Å². The highest BCUT2D eigenvalue weighted by atomic mass is 16.8. The van der Waals surface area contributed by atoms with Crippen LogP contribution in [0.1, 0.15) is 260 Å². The number of ether oxygens (including phenoxy) is 16. The maximum atomic E-state index is 13.7. The van der Waals surface area contributed by atoms with Gasteiger partial charge in [-0.05, 0) is 26.2 Å². The highest BCUT2D eigenvalue weighted by Gasteiger charge is 2.62. The van der Waals surface area contributed by atoms with Gasteiger partial charge in [-0.3, -0.25) is 19.2 Å². The van der Waals surface area contributed by atoms with E-state index >= 15 is 0 Å². The minimum absolute atomic E-state index is 0.138. The van der Waals surface area contributed by atoms with Crippen LogP contribution in [0.3, 0.4) is 0 Å². The van der Waals surface area contributed by atoms with Gasteiger partial charge in [0, 0.05) is 27.2 Å². The molecule has 8 rings (SSSR count). The maximum absolute atomic E-state index is 13.7. The molecule has 4 amide bonds. The van der Waals surface area contributed by atoms with Crippen molar-refractivity contribution in [1.29, 1.82) is 0 Å². The molecule has 0 radical (unpaired) electrons. The average Bonchev–Trinajstić information content (AvgIpc) is 0.753. The molecular weight excluding hydrogens is 1880 g/mol. The second kappa shape index (κ2) is 64.7. The molecule has 8 saturated heterocycles. The first-order valence-corrected chi connectivity index (χ1v) is 51.8. The van der Waals surface area contributed by atoms with E-state index in [9.17, 15) is 132 Å². The number of unbranched alkanes of at least 4 members (excludes halogenated alkanes) is 31. The fraction of sp³-hybridized carbons (Fsp3) is 0.938. The van der Waals surface area contributed by atoms with Gasteiger partial charge in [-0.15, -0.1) is 0 Å². The molecule has 0 bridgehead atoms. The summed E-state index contributed by atoms with van der Waals surface area (Å²) in [6.45, 7) is 0.267. The normalized spacial score (nSPS) is 38.4. The number of hydrogen-bond donors (Lipinski definition) is 26. The topological polar surface area (TPSA) is 709 Å². The summed E-state index contributed by atoms with van der Waals surface area (Å²) < 4.78 is 97.9. The van der Waals surface area contributed by atoms with Crippen LogP contribution < -0.4 is 21.3 Å². The number of nitrogens with one attached hydrogen (secondary N) is 4. The lowest BCUT2D eigenvalue weighted by Gasteiger charge is -2.52. The van der Waals surface area contributed by atoms with Gasteiger partial charge in [0.2, 0.25) is 23.6 Å². The predicted octanol–water partition coefficient (Wildman–Crippen LogP) is -3.26. The average molecular weight is 2050 g/mol. The third-order valence-electron chi connectivity index (χ3n) is 27.8. The number of carbonyl (C=O) groups excluding carboxylic acids is 4. The molecule has 8 aliphatic heterocycles. The molecule has 26 N–H and O–H groups in total. The van der Waals surface area contributed by atoms with Gasteiger partial charge in [0.25, 0.3) is 0 Å². The van der Waals surface area contributed by atoms with Crippen LogP contribution in [0, 0.1) is 0 Å². The smallest absolute Gasteiger partial charge is 0.220 e. The molecule has 8 aliphatic rings. The van der Waals surface area contributed by atoms with Gasteiger partial charge in [-0.25, -0.2) is 0 Å². The van der Waals surface area contributed by atoms with Crippen molar-refractivity contribution in [3.05, 3.63) is 12.2 Å². The Labute approximate surface area is 831 Å². The summed E-state index contributed by atoms with van der Waals surface area (Å²) in [6.07, 6.45) is -35.1. The predicted molar refractivity (Wildman–Crippen MR) is 497 cm³/mol. The highest BCUT2D eigenvalue weighted by molar-refractivity contribution is 5.76. The molecule has 828 valence electrons. The molecule has 0 aliphatic carbocycles. The van der Waals surface area contributed by atoms with Crippen molar-refractivity contribution in [1.82, 2.24) is 21.3 Å². The second-order valence-corrected chi connectivity index (χ2v) is 39.1. The summed E-state index contributed by atoms with van der Waals surface area (Å²) in [6, 6.07) is -6.90. The standard InChI is InChI=1S/C96H172N4O42/c1-7-9-11-13-15-17-19-21-22-23-24-25-26-27-28-30-32-34-36-38-40-42-64(112)100-55(56(111)41-39-37-35-33-31-29-20-18-16-14-12-10-8-2)50-127-92-79(124)76(121)82(61(47-105)133-92)136-94-80(125)77(122)83(62(48-106)134-94)137-95-81(126)87(141-91-66(98-53(5)109)85(71(116)59(45-103)131-91)139-89-65(97-52(4)108)73(118)69(114)57(43-101)129-89)84(63(49-107)135-95)138-90-67(99-54(6)110)86(72(117)60(46-104)130-90)140-96-88(75(120)70(115)58(44-102)132-96)142-93-78(123)74(119)68(113)51(3)128-93/h39,41,51,55-63,65-96,101-107,111,113-126H,7-38,40,42-50H2,1-6H3,(H,97,108)(H,98,109)(H,99,110)(H,100,112)/b41-39+/t51?,55-,56+,57?,58?,59?,60?,61?,62?,63?,65?,66?,67?,68+,69-,70-,71-,72-,73+,74?,75-,76+,77+,78-,79?,80?,81?,82+,83-,84-,85+,86+,87+,88?,89+,90-,91-,92+,93+,94-,95-,96-/m0/s1. The highest BCUT2D eigenvalue weighted by Crippen LogP contribution is 2.41. The summed E-state index contributed by atoms with van der Waals surface area (Å²) in [5.41, 5.74) is 0. The van der Waals surface area contributed by atoms with Gasteiger partial charge in [0.05, 0.1) is 71.1 Å². The van der Waals surface area contributed by atoms with E-state index in [2.05, 4.69) is 35.1 Å². The van der Waals surface area contributed by atoms with Crippen molar-refractivity contribution in [2.75, 3.05) is 52.9 Å². The molecule has 0 aromatic carbocycles. The van der Waals surface area contributed by atoms with Gasteiger partial charge >= 0.3 is 0 Å². The summed E-state index contributed by atoms with van der Waals surface area (Å²) in [5.74, 6) is -3.18. The van der Waals surface area contributed by atoms with Crippen LogP contribution in [-0.2, 0) is 95.0 Å². The molecule has 0 saturated carbocycles. The van der Waals surface area contributed by atoms with Gasteiger partial charge in [0.15, 0.2) is 50.3 Å². The van der Waals surface area contributed by atoms with Crippen molar-refractivity contribution in [3.63, 3.8) is 0 Å². The van der Waals surface area contributed by atoms with Crippen molar-refractivity contribution < 1.29 is 207 Å². The zero-order chi connectivity index (χ0) is 104. The molecular formula is C96H172N4O42. The number of rotatable bonds is 64. The van der Waals surface area contributed by atoms with Gasteiger partial charge in [-0.2, -0.15) is 0 Å². The van der Waals surface area contributed by atoms with Crippen molar-refractivity contribution in [2.24, 2.45) is 0 Å². The quantitative estimate of drug-likeness (QED) is 0.0210. The van der Waals surface area contributed by atoms with E-state index in [1.54, 1.807) is 6.08 Å². The summed E-state index contributed by atoms with van der Waals surface area (Å²) in [5, 5.41) is 261. The molecule has 0 aromatic heterocycles. The minimum atomic E-state index is -2.57.